The molecule has 0 aliphatic rings. The van der Waals surface area contributed by atoms with Crippen molar-refractivity contribution in [1.82, 2.24) is 9.19 Å². The molecule has 4 rings (SSSR count). The Morgan fingerprint density at radius 2 is 1.77 bits per heavy atom. The molecule has 0 bridgehead atoms. The lowest BCUT2D eigenvalue weighted by Gasteiger charge is -2.23. The summed E-state index contributed by atoms with van der Waals surface area (Å²) >= 11 is 0. The Bertz CT molecular complexity index is 1340. The maximum atomic E-state index is 13.5. The Labute approximate surface area is 174 Å². The molecule has 0 saturated carbocycles. The lowest BCUT2D eigenvalue weighted by Crippen LogP contribution is -2.27. The van der Waals surface area contributed by atoms with Gasteiger partial charge in [0.2, 0.25) is 5.91 Å². The van der Waals surface area contributed by atoms with Crippen LogP contribution in [0.2, 0.25) is 0 Å². The molecule has 0 atom stereocenters. The molecule has 0 aliphatic carbocycles. The highest BCUT2D eigenvalue weighted by molar-refractivity contribution is 7.90. The molecule has 0 unspecified atom stereocenters. The van der Waals surface area contributed by atoms with Gasteiger partial charge in [0.05, 0.1) is 16.6 Å². The van der Waals surface area contributed by atoms with E-state index in [1.54, 1.807) is 36.5 Å². The predicted molar refractivity (Wildman–Crippen MR) is 118 cm³/mol. The van der Waals surface area contributed by atoms with Gasteiger partial charge in [0.1, 0.15) is 0 Å². The van der Waals surface area contributed by atoms with Crippen LogP contribution in [-0.2, 0) is 14.8 Å². The monoisotopic (exact) mass is 422 g/mol. The summed E-state index contributed by atoms with van der Waals surface area (Å²) in [4.78, 5) is 13.4. The summed E-state index contributed by atoms with van der Waals surface area (Å²) in [6.45, 7) is 3.07. The zero-order valence-electron chi connectivity index (χ0n) is 16.5. The van der Waals surface area contributed by atoms with Gasteiger partial charge in [0.25, 0.3) is 10.0 Å². The van der Waals surface area contributed by atoms with Crippen LogP contribution in [0, 0.1) is 0 Å². The van der Waals surface area contributed by atoms with Crippen molar-refractivity contribution in [2.75, 3.05) is 18.0 Å². The molecule has 1 amide bonds. The Morgan fingerprint density at radius 3 is 2.53 bits per heavy atom. The van der Waals surface area contributed by atoms with Crippen LogP contribution in [0.1, 0.15) is 13.3 Å². The quantitative estimate of drug-likeness (QED) is 0.493. The second-order valence-electron chi connectivity index (χ2n) is 6.98. The first-order chi connectivity index (χ1) is 14.4. The zero-order valence-corrected chi connectivity index (χ0v) is 17.3. The van der Waals surface area contributed by atoms with E-state index in [1.165, 1.54) is 0 Å². The van der Waals surface area contributed by atoms with Crippen molar-refractivity contribution in [2.24, 2.45) is 5.73 Å². The lowest BCUT2D eigenvalue weighted by atomic mass is 10.1. The first-order valence-corrected chi connectivity index (χ1v) is 11.1. The molecule has 1 heterocycles. The highest BCUT2D eigenvalue weighted by Crippen LogP contribution is 2.31. The summed E-state index contributed by atoms with van der Waals surface area (Å²) in [6.07, 6.45) is 1.77. The fourth-order valence-electron chi connectivity index (χ4n) is 3.69. The number of anilines is 1. The third-order valence-corrected chi connectivity index (χ3v) is 6.82. The molecule has 7 nitrogen and oxygen atoms in total. The first kappa shape index (κ1) is 19.9. The Kier molecular flexibility index (Phi) is 5.17. The molecular formula is C22H22N4O3S. The molecule has 0 fully saturated rings. The fraction of sp³-hybridized carbons (Fsp3) is 0.182. The number of hydrogen-bond donors (Lipinski definition) is 1. The number of hydrogen-bond acceptors (Lipinski definition) is 5. The van der Waals surface area contributed by atoms with Gasteiger partial charge >= 0.3 is 0 Å². The van der Waals surface area contributed by atoms with Crippen LogP contribution in [0.25, 0.3) is 21.7 Å². The lowest BCUT2D eigenvalue weighted by molar-refractivity contribution is -0.117. The topological polar surface area (TPSA) is 98.3 Å². The molecule has 4 aromatic rings. The number of nitrogens with zero attached hydrogens (tertiary/aromatic N) is 3. The maximum Gasteiger partial charge on any atom is 0.284 e. The molecule has 8 heteroatoms. The second kappa shape index (κ2) is 7.79. The molecule has 1 aromatic heterocycles. The Balaban J connectivity index is 1.85. The van der Waals surface area contributed by atoms with E-state index in [2.05, 4.69) is 5.10 Å². The minimum absolute atomic E-state index is 0.206. The number of nitrogens with two attached hydrogens (primary N) is 1. The van der Waals surface area contributed by atoms with E-state index < -0.39 is 10.0 Å². The van der Waals surface area contributed by atoms with Gasteiger partial charge in [-0.1, -0.05) is 42.5 Å². The van der Waals surface area contributed by atoms with E-state index in [0.29, 0.717) is 29.4 Å². The van der Waals surface area contributed by atoms with Gasteiger partial charge in [0.15, 0.2) is 0 Å². The van der Waals surface area contributed by atoms with E-state index in [4.69, 9.17) is 5.73 Å². The summed E-state index contributed by atoms with van der Waals surface area (Å²) in [6, 6.07) is 18.0. The van der Waals surface area contributed by atoms with Gasteiger partial charge in [-0.15, -0.1) is 0 Å². The normalized spacial score (nSPS) is 11.8. The molecule has 154 valence electrons. The highest BCUT2D eigenvalue weighted by Gasteiger charge is 2.24. The van der Waals surface area contributed by atoms with Gasteiger partial charge in [-0.25, -0.2) is 0 Å². The largest absolute Gasteiger partial charge is 0.371 e. The van der Waals surface area contributed by atoms with E-state index in [1.807, 2.05) is 42.2 Å². The Hall–Kier alpha value is -3.39. The summed E-state index contributed by atoms with van der Waals surface area (Å²) in [5, 5.41) is 6.43. The fourth-order valence-corrected chi connectivity index (χ4v) is 5.18. The van der Waals surface area contributed by atoms with Gasteiger partial charge < -0.3 is 10.6 Å². The summed E-state index contributed by atoms with van der Waals surface area (Å²) in [5.74, 6) is -0.380. The Morgan fingerprint density at radius 1 is 1.03 bits per heavy atom. The smallest absolute Gasteiger partial charge is 0.284 e. The third-order valence-electron chi connectivity index (χ3n) is 5.16. The minimum Gasteiger partial charge on any atom is -0.371 e. The van der Waals surface area contributed by atoms with Crippen molar-refractivity contribution in [3.05, 3.63) is 66.9 Å². The molecule has 0 aliphatic heterocycles. The van der Waals surface area contributed by atoms with Crippen LogP contribution in [0.5, 0.6) is 0 Å². The summed E-state index contributed by atoms with van der Waals surface area (Å²) in [7, 11) is -3.91. The number of carbonyl (C=O) groups is 1. The van der Waals surface area contributed by atoms with Gasteiger partial charge in [-0.2, -0.15) is 17.6 Å². The van der Waals surface area contributed by atoms with Gasteiger partial charge in [-0.05, 0) is 30.5 Å². The molecule has 30 heavy (non-hydrogen) atoms. The average molecular weight is 423 g/mol. The number of aromatic nitrogens is 2. The van der Waals surface area contributed by atoms with E-state index in [9.17, 15) is 13.2 Å². The molecule has 0 radical (unpaired) electrons. The maximum absolute atomic E-state index is 13.5. The van der Waals surface area contributed by atoms with Gasteiger partial charge in [0, 0.05) is 36.0 Å². The SMILES string of the molecule is CCN(CCC(N)=O)c1cccc2c1cnn2S(=O)(=O)c1cccc2ccccc12. The molecule has 3 aromatic carbocycles. The van der Waals surface area contributed by atoms with E-state index >= 15 is 0 Å². The predicted octanol–water partition coefficient (Wildman–Crippen LogP) is 3.13. The van der Waals surface area contributed by atoms with Crippen LogP contribution in [0.3, 0.4) is 0 Å². The molecule has 0 saturated heterocycles. The third kappa shape index (κ3) is 3.39. The van der Waals surface area contributed by atoms with Crippen LogP contribution < -0.4 is 10.6 Å². The van der Waals surface area contributed by atoms with Crippen LogP contribution in [0.4, 0.5) is 5.69 Å². The molecule has 2 N–H and O–H groups in total. The number of amides is 1. The first-order valence-electron chi connectivity index (χ1n) is 9.67. The molecular weight excluding hydrogens is 400 g/mol. The standard InChI is InChI=1S/C22H22N4O3S/c1-2-25(14-13-22(23)27)19-10-6-11-20-18(19)15-24-26(20)30(28,29)21-12-5-8-16-7-3-4-9-17(16)21/h3-12,15H,2,13-14H2,1H3,(H2,23,27). The average Bonchev–Trinajstić information content (AvgIpc) is 3.19. The van der Waals surface area contributed by atoms with Crippen LogP contribution in [0.15, 0.2) is 71.8 Å². The number of rotatable bonds is 7. The van der Waals surface area contributed by atoms with E-state index in [0.717, 1.165) is 15.2 Å². The molecule has 0 spiro atoms. The summed E-state index contributed by atoms with van der Waals surface area (Å²) < 4.78 is 28.1. The number of carbonyl (C=O) groups excluding carboxylic acids is 1. The zero-order chi connectivity index (χ0) is 21.3. The van der Waals surface area contributed by atoms with Crippen molar-refractivity contribution in [3.8, 4) is 0 Å². The minimum atomic E-state index is -3.91. The van der Waals surface area contributed by atoms with Crippen LogP contribution >= 0.6 is 0 Å². The number of fused-ring (bicyclic) bond motifs is 2. The number of primary amides is 1. The summed E-state index contributed by atoms with van der Waals surface area (Å²) in [5.41, 5.74) is 6.60. The van der Waals surface area contributed by atoms with Crippen molar-refractivity contribution in [3.63, 3.8) is 0 Å². The highest BCUT2D eigenvalue weighted by atomic mass is 32.2. The van der Waals surface area contributed by atoms with E-state index in [-0.39, 0.29) is 17.2 Å². The number of benzene rings is 3. The van der Waals surface area contributed by atoms with Crippen molar-refractivity contribution >= 4 is 43.3 Å². The second-order valence-corrected chi connectivity index (χ2v) is 8.71. The van der Waals surface area contributed by atoms with Gasteiger partial charge in [-0.3, -0.25) is 4.79 Å². The van der Waals surface area contributed by atoms with Crippen molar-refractivity contribution in [1.29, 1.82) is 0 Å². The van der Waals surface area contributed by atoms with Crippen LogP contribution in [-0.4, -0.2) is 36.6 Å². The van der Waals surface area contributed by atoms with Crippen molar-refractivity contribution < 1.29 is 13.2 Å². The van der Waals surface area contributed by atoms with Crippen molar-refractivity contribution in [2.45, 2.75) is 18.2 Å².